The van der Waals surface area contributed by atoms with Crippen LogP contribution in [0.3, 0.4) is 0 Å². The molecule has 0 saturated heterocycles. The van der Waals surface area contributed by atoms with Crippen LogP contribution in [0.5, 0.6) is 0 Å². The fourth-order valence-electron chi connectivity index (χ4n) is 13.0. The minimum absolute atomic E-state index is 0.471. The topological polar surface area (TPSA) is 19.4 Å². The van der Waals surface area contributed by atoms with E-state index in [0.717, 1.165) is 34.1 Å². The second-order valence-electron chi connectivity index (χ2n) is 23.0. The first-order valence-corrected chi connectivity index (χ1v) is 31.0. The quantitative estimate of drug-likeness (QED) is 0.0406. The van der Waals surface area contributed by atoms with Gasteiger partial charge in [0, 0.05) is 105 Å². The zero-order valence-electron chi connectivity index (χ0n) is 51.2. The summed E-state index contributed by atoms with van der Waals surface area (Å²) >= 11 is 0. The van der Waals surface area contributed by atoms with Crippen molar-refractivity contribution in [2.75, 3.05) is 29.4 Å². The van der Waals surface area contributed by atoms with Gasteiger partial charge in [0.15, 0.2) is 0 Å². The van der Waals surface area contributed by atoms with Gasteiger partial charge < -0.3 is 29.4 Å². The Hall–Kier alpha value is -5.10. The molecule has 0 aliphatic rings. The van der Waals surface area contributed by atoms with Gasteiger partial charge in [-0.15, -0.1) is 0 Å². The minimum Gasteiger partial charge on any atom is -0.366 e. The van der Waals surface area contributed by atoms with E-state index in [2.05, 4.69) is 262 Å². The van der Waals surface area contributed by atoms with Crippen LogP contribution < -0.4 is 29.4 Å². The molecule has 8 unspecified atom stereocenters. The smallest absolute Gasteiger partial charge is 0.0463 e. The maximum Gasteiger partial charge on any atom is 0.0463 e. The summed E-state index contributed by atoms with van der Waals surface area (Å²) in [5.41, 5.74) is 12.1. The van der Waals surface area contributed by atoms with Gasteiger partial charge in [0.05, 0.1) is 0 Å². The molecule has 0 aliphatic heterocycles. The first-order chi connectivity index (χ1) is 36.7. The minimum atomic E-state index is 0.471. The van der Waals surface area contributed by atoms with Crippen molar-refractivity contribution in [1.29, 1.82) is 0 Å². The molecule has 0 N–H and O–H groups in total. The van der Waals surface area contributed by atoms with Gasteiger partial charge in [0.25, 0.3) is 0 Å². The molecule has 0 bridgehead atoms. The molecule has 0 spiro atoms. The highest BCUT2D eigenvalue weighted by molar-refractivity contribution is 5.83. The third-order valence-electron chi connectivity index (χ3n) is 16.4. The van der Waals surface area contributed by atoms with Crippen LogP contribution in [0, 0.1) is 0 Å². The van der Waals surface area contributed by atoms with Crippen LogP contribution in [0.1, 0.15) is 214 Å². The van der Waals surface area contributed by atoms with Gasteiger partial charge in [0.1, 0.15) is 0 Å². The summed E-state index contributed by atoms with van der Waals surface area (Å²) in [5, 5.41) is 0. The molecule has 76 heavy (non-hydrogen) atoms. The maximum absolute atomic E-state index is 2.67. The van der Waals surface area contributed by atoms with Crippen LogP contribution in [0.2, 0.25) is 0 Å². The molecule has 6 nitrogen and oxygen atoms in total. The summed E-state index contributed by atoms with van der Waals surface area (Å²) in [5.74, 6) is 0. The van der Waals surface area contributed by atoms with E-state index in [-0.39, 0.29) is 0 Å². The molecule has 6 heteroatoms. The largest absolute Gasteiger partial charge is 0.366 e. The van der Waals surface area contributed by atoms with E-state index in [1.54, 1.807) is 0 Å². The molecular weight excluding hydrogens is 925 g/mol. The van der Waals surface area contributed by atoms with E-state index in [0.29, 0.717) is 48.3 Å². The lowest BCUT2D eigenvalue weighted by Gasteiger charge is -2.38. The lowest BCUT2D eigenvalue weighted by Crippen LogP contribution is -2.40. The lowest BCUT2D eigenvalue weighted by atomic mass is 10.0. The van der Waals surface area contributed by atoms with Crippen LogP contribution in [0.25, 0.3) is 0 Å². The Kier molecular flexibility index (Phi) is 25.5. The van der Waals surface area contributed by atoms with Gasteiger partial charge in [-0.05, 0) is 228 Å². The average Bonchev–Trinajstić information content (AvgIpc) is 3.40. The predicted molar refractivity (Wildman–Crippen MR) is 341 cm³/mol. The Labute approximate surface area is 467 Å². The van der Waals surface area contributed by atoms with Crippen molar-refractivity contribution in [2.45, 2.75) is 262 Å². The molecule has 8 atom stereocenters. The second kappa shape index (κ2) is 31.3. The van der Waals surface area contributed by atoms with E-state index in [1.807, 2.05) is 0 Å². The first kappa shape index (κ1) is 61.7. The molecule has 0 saturated carbocycles. The van der Waals surface area contributed by atoms with Crippen molar-refractivity contribution in [1.82, 2.24) is 0 Å². The molecule has 5 aromatic rings. The maximum atomic E-state index is 2.67. The molecule has 0 aliphatic carbocycles. The predicted octanol–water partition coefficient (Wildman–Crippen LogP) is 21.4. The molecule has 418 valence electrons. The molecular formula is C70H108N6. The number of rotatable bonds is 34. The van der Waals surface area contributed by atoms with E-state index < -0.39 is 0 Å². The van der Waals surface area contributed by atoms with Crippen molar-refractivity contribution in [2.24, 2.45) is 0 Å². The van der Waals surface area contributed by atoms with E-state index in [4.69, 9.17) is 0 Å². The zero-order chi connectivity index (χ0) is 55.3. The number of hydrogen-bond acceptors (Lipinski definition) is 6. The normalized spacial score (nSPS) is 14.7. The van der Waals surface area contributed by atoms with Gasteiger partial charge >= 0.3 is 0 Å². The summed E-state index contributed by atoms with van der Waals surface area (Å²) in [7, 11) is 0. The fourth-order valence-corrected chi connectivity index (χ4v) is 13.0. The molecule has 0 heterocycles. The summed E-state index contributed by atoms with van der Waals surface area (Å²) in [6.07, 6.45) is 18.9. The molecule has 5 rings (SSSR count). The average molecular weight is 1030 g/mol. The van der Waals surface area contributed by atoms with Crippen LogP contribution in [-0.2, 0) is 0 Å². The molecule has 0 amide bonds. The highest BCUT2D eigenvalue weighted by atomic mass is 15.2. The van der Waals surface area contributed by atoms with Crippen molar-refractivity contribution >= 4 is 56.9 Å². The van der Waals surface area contributed by atoms with Crippen molar-refractivity contribution in [3.63, 3.8) is 0 Å². The Morgan fingerprint density at radius 3 is 0.408 bits per heavy atom. The van der Waals surface area contributed by atoms with E-state index in [1.165, 1.54) is 125 Å². The highest BCUT2D eigenvalue weighted by Crippen LogP contribution is 2.42. The summed E-state index contributed by atoms with van der Waals surface area (Å²) in [4.78, 5) is 15.6. The van der Waals surface area contributed by atoms with Crippen LogP contribution in [0.4, 0.5) is 56.9 Å². The Morgan fingerprint density at radius 2 is 0.303 bits per heavy atom. The van der Waals surface area contributed by atoms with Crippen LogP contribution in [-0.4, -0.2) is 48.3 Å². The van der Waals surface area contributed by atoms with Crippen molar-refractivity contribution < 1.29 is 0 Å². The van der Waals surface area contributed by atoms with Gasteiger partial charge in [-0.25, -0.2) is 0 Å². The number of nitrogens with zero attached hydrogens (tertiary/aromatic N) is 6. The van der Waals surface area contributed by atoms with Crippen molar-refractivity contribution in [3.8, 4) is 0 Å². The lowest BCUT2D eigenvalue weighted by molar-refractivity contribution is 0.494. The van der Waals surface area contributed by atoms with Crippen LogP contribution >= 0.6 is 0 Å². The standard InChI is InChI=1S/C70H108N6/c1-17-25-53(9)71(54(10)26-18-2)61-33-41-65(42-34-61)75(66-43-35-62(36-44-66)72(55(11)27-19-3)56(12)28-20-4)69-49-51-70(52-50-69)76(67-45-37-63(38-46-67)73(57(13)29-21-5)58(14)30-22-6)68-47-39-64(40-48-68)74(59(15)31-23-7)60(16)32-24-8/h33-60H,17-32H2,1-16H3. The number of benzene rings is 5. The monoisotopic (exact) mass is 1030 g/mol. The van der Waals surface area contributed by atoms with Gasteiger partial charge in [-0.1, -0.05) is 107 Å². The summed E-state index contributed by atoms with van der Waals surface area (Å²) < 4.78 is 0. The highest BCUT2D eigenvalue weighted by Gasteiger charge is 2.26. The van der Waals surface area contributed by atoms with Gasteiger partial charge in [0.2, 0.25) is 0 Å². The molecule has 5 aromatic carbocycles. The molecule has 0 fully saturated rings. The SMILES string of the molecule is CCCC(C)N(c1ccc(N(c2ccc(N(c3ccc(N(C(C)CCC)C(C)CCC)cc3)c3ccc(N(C(C)CCC)C(C)CCC)cc3)cc2)c2ccc(N(C(C)CCC)C(C)CCC)cc2)cc1)C(C)CCC. The second-order valence-corrected chi connectivity index (χ2v) is 23.0. The fraction of sp³-hybridized carbons (Fsp3) is 0.571. The van der Waals surface area contributed by atoms with Crippen LogP contribution in [0.15, 0.2) is 121 Å². The van der Waals surface area contributed by atoms with E-state index in [9.17, 15) is 0 Å². The first-order valence-electron chi connectivity index (χ1n) is 31.0. The Balaban J connectivity index is 1.67. The third kappa shape index (κ3) is 16.0. The number of hydrogen-bond donors (Lipinski definition) is 0. The number of anilines is 10. The Bertz CT molecular complexity index is 1970. The van der Waals surface area contributed by atoms with Crippen molar-refractivity contribution in [3.05, 3.63) is 121 Å². The summed E-state index contributed by atoms with van der Waals surface area (Å²) in [6, 6.07) is 51.0. The molecule has 0 aromatic heterocycles. The third-order valence-corrected chi connectivity index (χ3v) is 16.4. The molecule has 0 radical (unpaired) electrons. The van der Waals surface area contributed by atoms with Gasteiger partial charge in [-0.2, -0.15) is 0 Å². The Morgan fingerprint density at radius 1 is 0.197 bits per heavy atom. The summed E-state index contributed by atoms with van der Waals surface area (Å²) in [6.45, 7) is 37.7. The zero-order valence-corrected chi connectivity index (χ0v) is 51.2. The van der Waals surface area contributed by atoms with Gasteiger partial charge in [-0.3, -0.25) is 0 Å². The van der Waals surface area contributed by atoms with E-state index >= 15 is 0 Å².